The molecule has 0 aromatic carbocycles. The van der Waals surface area contributed by atoms with E-state index < -0.39 is 40.0 Å². The van der Waals surface area contributed by atoms with Gasteiger partial charge in [0.15, 0.2) is 34.0 Å². The molecule has 0 saturated carbocycles. The fourth-order valence-electron chi connectivity index (χ4n) is 2.28. The van der Waals surface area contributed by atoms with Crippen LogP contribution in [0.15, 0.2) is 37.1 Å². The van der Waals surface area contributed by atoms with E-state index in [1.807, 2.05) is 0 Å². The molecule has 0 spiro atoms. The van der Waals surface area contributed by atoms with Crippen molar-refractivity contribution in [3.8, 4) is 0 Å². The highest BCUT2D eigenvalue weighted by molar-refractivity contribution is 6.84. The highest BCUT2D eigenvalue weighted by Crippen LogP contribution is 2.18. The average Bonchev–Trinajstić information content (AvgIpc) is 2.51. The summed E-state index contributed by atoms with van der Waals surface area (Å²) in [6, 6.07) is 0.844. The third kappa shape index (κ3) is 28.9. The predicted molar refractivity (Wildman–Crippen MR) is 147 cm³/mol. The maximum atomic E-state index is 11.2. The lowest BCUT2D eigenvalue weighted by Gasteiger charge is -2.31. The van der Waals surface area contributed by atoms with E-state index in [1.54, 1.807) is 13.8 Å². The minimum absolute atomic E-state index is 0.308. The maximum absolute atomic E-state index is 11.2. The summed E-state index contributed by atoms with van der Waals surface area (Å²) in [6.07, 6.45) is 1.08. The van der Waals surface area contributed by atoms with Crippen molar-refractivity contribution < 1.29 is 27.3 Å². The van der Waals surface area contributed by atoms with Crippen LogP contribution in [-0.2, 0) is 27.3 Å². The third-order valence-corrected chi connectivity index (χ3v) is 13.8. The van der Waals surface area contributed by atoms with E-state index in [0.717, 1.165) is 12.3 Å². The molecule has 0 aliphatic rings. The first-order valence-corrected chi connectivity index (χ1v) is 23.5. The van der Waals surface area contributed by atoms with Crippen molar-refractivity contribution in [2.45, 2.75) is 85.4 Å². The molecule has 0 rings (SSSR count). The van der Waals surface area contributed by atoms with Gasteiger partial charge in [-0.25, -0.2) is 9.59 Å². The normalized spacial score (nSPS) is 11.3. The largest absolute Gasteiger partial charge is 0.463 e. The first-order chi connectivity index (χ1) is 14.1. The Hall–Kier alpha value is -1.05. The van der Waals surface area contributed by atoms with Crippen LogP contribution in [-0.4, -0.2) is 52.5 Å². The Morgan fingerprint density at radius 1 is 0.844 bits per heavy atom. The number of carbonyl (C=O) groups is 2. The average molecular weight is 521 g/mol. The van der Waals surface area contributed by atoms with Gasteiger partial charge in [-0.05, 0) is 85.4 Å². The minimum Gasteiger partial charge on any atom is -0.463 e. The van der Waals surface area contributed by atoms with Crippen molar-refractivity contribution >= 4 is 45.9 Å². The molecule has 0 aromatic heterocycles. The predicted octanol–water partition coefficient (Wildman–Crippen LogP) is 6.23. The Bertz CT molecular complexity index is 617. The first-order valence-electron chi connectivity index (χ1n) is 10.8. The lowest BCUT2D eigenvalue weighted by molar-refractivity contribution is -0.138. The molecule has 0 saturated heterocycles. The number of carbonyl (C=O) groups excluding carboxylic acids is 2. The summed E-state index contributed by atoms with van der Waals surface area (Å²) in [6.45, 7) is 35.8. The molecular weight excluding hydrogens is 473 g/mol. The van der Waals surface area contributed by atoms with Gasteiger partial charge in [0.1, 0.15) is 0 Å². The summed E-state index contributed by atoms with van der Waals surface area (Å²) >= 11 is 0. The zero-order valence-corrected chi connectivity index (χ0v) is 26.8. The summed E-state index contributed by atoms with van der Waals surface area (Å²) in [4.78, 5) is 21.5. The van der Waals surface area contributed by atoms with Crippen LogP contribution in [0.1, 0.15) is 13.8 Å². The zero-order valence-electron chi connectivity index (χ0n) is 22.6. The second-order valence-electron chi connectivity index (χ2n) is 10.3. The number of esters is 2. The van der Waals surface area contributed by atoms with Crippen LogP contribution >= 0.6 is 0 Å². The number of ether oxygens (including phenoxy) is 2. The highest BCUT2D eigenvalue weighted by atomic mass is 28.4. The lowest BCUT2D eigenvalue weighted by Crippen LogP contribution is -2.42. The fraction of sp³-hybridized carbons (Fsp3) is 0.636. The van der Waals surface area contributed by atoms with Crippen molar-refractivity contribution in [1.29, 1.82) is 0 Å². The van der Waals surface area contributed by atoms with Gasteiger partial charge < -0.3 is 17.7 Å². The second-order valence-corrected chi connectivity index (χ2v) is 26.6. The van der Waals surface area contributed by atoms with Crippen molar-refractivity contribution in [1.82, 2.24) is 0 Å². The molecule has 0 aromatic rings. The molecule has 0 amide bonds. The fourth-order valence-corrected chi connectivity index (χ4v) is 15.6. The number of hydrogen-bond acceptors (Lipinski definition) is 6. The molecule has 0 aliphatic heterocycles. The van der Waals surface area contributed by atoms with Gasteiger partial charge in [-0.1, -0.05) is 19.7 Å². The molecule has 10 heteroatoms. The summed E-state index contributed by atoms with van der Waals surface area (Å²) in [5.41, 5.74) is 0.829. The van der Waals surface area contributed by atoms with Crippen LogP contribution in [0.3, 0.4) is 0 Å². The molecular formula is C22H48O6Si4. The summed E-state index contributed by atoms with van der Waals surface area (Å²) in [5.74, 6) is -0.738. The topological polar surface area (TPSA) is 71.1 Å². The van der Waals surface area contributed by atoms with E-state index in [9.17, 15) is 9.59 Å². The van der Waals surface area contributed by atoms with Gasteiger partial charge in [0.25, 0.3) is 0 Å². The summed E-state index contributed by atoms with van der Waals surface area (Å²) in [7, 11) is -5.07. The third-order valence-electron chi connectivity index (χ3n) is 3.00. The van der Waals surface area contributed by atoms with Crippen LogP contribution in [0.2, 0.25) is 71.5 Å². The Balaban J connectivity index is -0.000000441. The van der Waals surface area contributed by atoms with Gasteiger partial charge in [0.05, 0.1) is 12.9 Å². The van der Waals surface area contributed by atoms with Crippen molar-refractivity contribution in [3.63, 3.8) is 0 Å². The molecule has 0 aliphatic carbocycles. The van der Waals surface area contributed by atoms with Crippen LogP contribution in [0.5, 0.6) is 0 Å². The van der Waals surface area contributed by atoms with E-state index in [4.69, 9.17) is 13.0 Å². The molecule has 188 valence electrons. The van der Waals surface area contributed by atoms with Crippen LogP contribution in [0.4, 0.5) is 0 Å². The quantitative estimate of drug-likeness (QED) is 0.147. The van der Waals surface area contributed by atoms with E-state index in [2.05, 4.69) is 89.9 Å². The van der Waals surface area contributed by atoms with Crippen LogP contribution in [0, 0.1) is 0 Å². The Morgan fingerprint density at radius 2 is 1.28 bits per heavy atom. The van der Waals surface area contributed by atoms with Crippen molar-refractivity contribution in [2.24, 2.45) is 0 Å². The summed E-state index contributed by atoms with van der Waals surface area (Å²) in [5, 5.41) is 0. The van der Waals surface area contributed by atoms with Crippen molar-refractivity contribution in [3.05, 3.63) is 37.1 Å². The van der Waals surface area contributed by atoms with Crippen molar-refractivity contribution in [2.75, 3.05) is 6.61 Å². The zero-order chi connectivity index (χ0) is 26.3. The SMILES string of the molecule is C=C(C)C(=O)OCC[Si](C)(C)O[Si](C)(C)C.C=COC(=O)C(=C)C.C[SiH](C)O[Si](C)(C)C. The van der Waals surface area contributed by atoms with E-state index in [0.29, 0.717) is 17.8 Å². The van der Waals surface area contributed by atoms with E-state index >= 15 is 0 Å². The second kappa shape index (κ2) is 16.5. The number of rotatable bonds is 10. The standard InChI is InChI=1S/C11H24O3Si2.C6H8O2.C5H16OSi2/c1-10(2)11(12)13-8-9-16(6,7)14-15(3,4)5;1-4-8-6(7)5(2)3;1-7(2)6-8(3,4)5/h1,8-9H2,2-7H3;4H,1-2H2,3H3;7H,1-5H3. The van der Waals surface area contributed by atoms with E-state index in [1.165, 1.54) is 0 Å². The molecule has 0 fully saturated rings. The molecule has 0 unspecified atom stereocenters. The van der Waals surface area contributed by atoms with Gasteiger partial charge in [0.2, 0.25) is 0 Å². The Labute approximate surface area is 202 Å². The monoisotopic (exact) mass is 520 g/mol. The van der Waals surface area contributed by atoms with Gasteiger partial charge >= 0.3 is 11.9 Å². The maximum Gasteiger partial charge on any atom is 0.337 e. The molecule has 0 bridgehead atoms. The summed E-state index contributed by atoms with van der Waals surface area (Å²) < 4.78 is 21.3. The van der Waals surface area contributed by atoms with Gasteiger partial charge in [-0.15, -0.1) is 0 Å². The molecule has 0 atom stereocenters. The number of hydrogen-bond donors (Lipinski definition) is 0. The van der Waals surface area contributed by atoms with Crippen LogP contribution in [0.25, 0.3) is 0 Å². The van der Waals surface area contributed by atoms with Gasteiger partial charge in [-0.3, -0.25) is 0 Å². The van der Waals surface area contributed by atoms with Gasteiger partial charge in [-0.2, -0.15) is 0 Å². The molecule has 0 radical (unpaired) electrons. The lowest BCUT2D eigenvalue weighted by atomic mass is 10.4. The van der Waals surface area contributed by atoms with E-state index in [-0.39, 0.29) is 5.97 Å². The van der Waals surface area contributed by atoms with Gasteiger partial charge in [0, 0.05) is 11.1 Å². The Kier molecular flexibility index (Phi) is 18.4. The molecule has 6 nitrogen and oxygen atoms in total. The molecule has 32 heavy (non-hydrogen) atoms. The van der Waals surface area contributed by atoms with Crippen LogP contribution < -0.4 is 0 Å². The molecule has 0 N–H and O–H groups in total. The first kappa shape index (κ1) is 35.5. The molecule has 0 heterocycles. The Morgan fingerprint density at radius 3 is 1.50 bits per heavy atom. The smallest absolute Gasteiger partial charge is 0.337 e. The minimum atomic E-state index is -1.69. The highest BCUT2D eigenvalue weighted by Gasteiger charge is 2.29.